The van der Waals surface area contributed by atoms with Crippen LogP contribution in [0.25, 0.3) is 0 Å². The van der Waals surface area contributed by atoms with Gasteiger partial charge in [-0.05, 0) is 12.1 Å². The van der Waals surface area contributed by atoms with Crippen molar-refractivity contribution in [2.24, 2.45) is 5.73 Å². The number of aromatic nitrogens is 3. The monoisotopic (exact) mass is 329 g/mol. The molecule has 2 aromatic rings. The van der Waals surface area contributed by atoms with E-state index < -0.39 is 5.91 Å². The number of carbonyl (C=O) groups excluding carboxylic acids is 1. The normalized spacial score (nSPS) is 14.5. The zero-order valence-corrected chi connectivity index (χ0v) is 13.3. The van der Waals surface area contributed by atoms with Crippen LogP contribution in [0, 0.1) is 0 Å². The van der Waals surface area contributed by atoms with E-state index in [1.165, 1.54) is 7.11 Å². The summed E-state index contributed by atoms with van der Waals surface area (Å²) in [6.07, 6.45) is 1.66. The van der Waals surface area contributed by atoms with Crippen molar-refractivity contribution in [3.63, 3.8) is 0 Å². The molecule has 0 bridgehead atoms. The summed E-state index contributed by atoms with van der Waals surface area (Å²) in [6, 6.07) is 5.14. The fraction of sp³-hybridized carbons (Fsp3) is 0.333. The summed E-state index contributed by atoms with van der Waals surface area (Å²) in [5.74, 6) is 1.46. The molecule has 0 aliphatic carbocycles. The Balaban J connectivity index is 1.75. The van der Waals surface area contributed by atoms with E-state index >= 15 is 0 Å². The van der Waals surface area contributed by atoms with Crippen molar-refractivity contribution in [3.05, 3.63) is 30.0 Å². The Morgan fingerprint density at radius 1 is 1.21 bits per heavy atom. The minimum absolute atomic E-state index is 0.174. The maximum Gasteiger partial charge on any atom is 0.252 e. The molecule has 1 aliphatic rings. The number of ether oxygens (including phenoxy) is 1. The number of primary amides is 1. The quantitative estimate of drug-likeness (QED) is 0.796. The lowest BCUT2D eigenvalue weighted by Gasteiger charge is -2.36. The number of carbonyl (C=O) groups is 1. The van der Waals surface area contributed by atoms with Crippen LogP contribution in [0.5, 0.6) is 5.88 Å². The zero-order valence-electron chi connectivity index (χ0n) is 13.3. The second kappa shape index (κ2) is 6.57. The third-order valence-electron chi connectivity index (χ3n) is 3.87. The molecule has 0 atom stereocenters. The van der Waals surface area contributed by atoms with Crippen LogP contribution in [-0.2, 0) is 0 Å². The molecule has 1 amide bonds. The van der Waals surface area contributed by atoms with Crippen LogP contribution in [0.3, 0.4) is 0 Å². The molecular formula is C15H19N7O2. The summed E-state index contributed by atoms with van der Waals surface area (Å²) < 4.78 is 5.13. The molecule has 1 saturated heterocycles. The Morgan fingerprint density at radius 2 is 1.92 bits per heavy atom. The molecule has 1 fully saturated rings. The van der Waals surface area contributed by atoms with Crippen molar-refractivity contribution in [3.8, 4) is 5.88 Å². The van der Waals surface area contributed by atoms with Gasteiger partial charge in [0.05, 0.1) is 12.7 Å². The Kier molecular flexibility index (Phi) is 4.32. The number of nitrogens with zero attached hydrogens (tertiary/aromatic N) is 5. The number of anilines is 3. The first kappa shape index (κ1) is 15.8. The molecular weight excluding hydrogens is 310 g/mol. The van der Waals surface area contributed by atoms with E-state index in [0.29, 0.717) is 43.4 Å². The molecule has 0 spiro atoms. The summed E-state index contributed by atoms with van der Waals surface area (Å²) in [6.45, 7) is 2.77. The highest BCUT2D eigenvalue weighted by Gasteiger charge is 2.23. The highest BCUT2D eigenvalue weighted by atomic mass is 16.5. The van der Waals surface area contributed by atoms with Crippen LogP contribution < -0.4 is 26.0 Å². The Labute approximate surface area is 139 Å². The van der Waals surface area contributed by atoms with E-state index in [9.17, 15) is 4.79 Å². The van der Waals surface area contributed by atoms with Gasteiger partial charge in [-0.15, -0.1) is 0 Å². The van der Waals surface area contributed by atoms with Gasteiger partial charge in [0.15, 0.2) is 0 Å². The van der Waals surface area contributed by atoms with Crippen LogP contribution in [0.1, 0.15) is 10.4 Å². The number of rotatable bonds is 4. The Morgan fingerprint density at radius 3 is 2.58 bits per heavy atom. The standard InChI is InChI=1S/C15H19N7O2/c1-24-12-9-11(19-15(17)20-12)21-5-7-22(8-6-21)14-10(13(16)23)3-2-4-18-14/h2-4,9H,5-8H2,1H3,(H2,16,23)(H2,17,19,20). The van der Waals surface area contributed by atoms with Crippen LogP contribution in [0.15, 0.2) is 24.4 Å². The van der Waals surface area contributed by atoms with Crippen LogP contribution in [0.2, 0.25) is 0 Å². The van der Waals surface area contributed by atoms with Crippen molar-refractivity contribution >= 4 is 23.5 Å². The number of hydrogen-bond donors (Lipinski definition) is 2. The van der Waals surface area contributed by atoms with E-state index in [0.717, 1.165) is 5.82 Å². The van der Waals surface area contributed by atoms with Gasteiger partial charge in [0.2, 0.25) is 11.8 Å². The van der Waals surface area contributed by atoms with Gasteiger partial charge in [-0.2, -0.15) is 9.97 Å². The lowest BCUT2D eigenvalue weighted by Crippen LogP contribution is -2.47. The Hall–Kier alpha value is -3.10. The molecule has 3 rings (SSSR count). The average Bonchev–Trinajstić information content (AvgIpc) is 2.61. The second-order valence-corrected chi connectivity index (χ2v) is 5.34. The molecule has 24 heavy (non-hydrogen) atoms. The van der Waals surface area contributed by atoms with E-state index in [1.807, 2.05) is 4.90 Å². The number of piperazine rings is 1. The molecule has 2 aromatic heterocycles. The molecule has 1 aliphatic heterocycles. The fourth-order valence-electron chi connectivity index (χ4n) is 2.69. The third kappa shape index (κ3) is 3.14. The highest BCUT2D eigenvalue weighted by molar-refractivity contribution is 5.97. The molecule has 126 valence electrons. The molecule has 9 nitrogen and oxygen atoms in total. The number of methoxy groups -OCH3 is 1. The van der Waals surface area contributed by atoms with E-state index in [-0.39, 0.29) is 5.95 Å². The van der Waals surface area contributed by atoms with Gasteiger partial charge < -0.3 is 26.0 Å². The van der Waals surface area contributed by atoms with E-state index in [1.54, 1.807) is 24.4 Å². The fourth-order valence-corrected chi connectivity index (χ4v) is 2.69. The van der Waals surface area contributed by atoms with Gasteiger partial charge in [0.25, 0.3) is 5.91 Å². The van der Waals surface area contributed by atoms with Gasteiger partial charge >= 0.3 is 0 Å². The van der Waals surface area contributed by atoms with Gasteiger partial charge in [0, 0.05) is 38.4 Å². The number of nitrogens with two attached hydrogens (primary N) is 2. The summed E-state index contributed by atoms with van der Waals surface area (Å²) >= 11 is 0. The van der Waals surface area contributed by atoms with Crippen LogP contribution in [-0.4, -0.2) is 54.1 Å². The van der Waals surface area contributed by atoms with Gasteiger partial charge in [-0.1, -0.05) is 0 Å². The maximum absolute atomic E-state index is 11.6. The summed E-state index contributed by atoms with van der Waals surface area (Å²) in [5, 5.41) is 0. The molecule has 4 N–H and O–H groups in total. The van der Waals surface area contributed by atoms with Crippen molar-refractivity contribution in [2.45, 2.75) is 0 Å². The number of nitrogen functional groups attached to an aromatic ring is 1. The van der Waals surface area contributed by atoms with Crippen molar-refractivity contribution in [1.82, 2.24) is 15.0 Å². The first-order valence-corrected chi connectivity index (χ1v) is 7.51. The van der Waals surface area contributed by atoms with Crippen molar-refractivity contribution in [1.29, 1.82) is 0 Å². The van der Waals surface area contributed by atoms with Crippen LogP contribution in [0.4, 0.5) is 17.6 Å². The predicted octanol–water partition coefficient (Wildman–Crippen LogP) is -0.112. The maximum atomic E-state index is 11.6. The third-order valence-corrected chi connectivity index (χ3v) is 3.87. The summed E-state index contributed by atoms with van der Waals surface area (Å²) in [7, 11) is 1.54. The van der Waals surface area contributed by atoms with Crippen molar-refractivity contribution in [2.75, 3.05) is 48.8 Å². The SMILES string of the molecule is COc1cc(N2CCN(c3ncccc3C(N)=O)CC2)nc(N)n1. The predicted molar refractivity (Wildman–Crippen MR) is 90.2 cm³/mol. The second-order valence-electron chi connectivity index (χ2n) is 5.34. The summed E-state index contributed by atoms with van der Waals surface area (Å²) in [5.41, 5.74) is 11.6. The minimum Gasteiger partial charge on any atom is -0.481 e. The smallest absolute Gasteiger partial charge is 0.252 e. The minimum atomic E-state index is -0.478. The number of pyridine rings is 1. The highest BCUT2D eigenvalue weighted by Crippen LogP contribution is 2.23. The van der Waals surface area contributed by atoms with Gasteiger partial charge in [-0.25, -0.2) is 4.98 Å². The first-order valence-electron chi connectivity index (χ1n) is 7.51. The van der Waals surface area contributed by atoms with Crippen LogP contribution >= 0.6 is 0 Å². The number of amides is 1. The topological polar surface area (TPSA) is 123 Å². The van der Waals surface area contributed by atoms with E-state index in [4.69, 9.17) is 16.2 Å². The average molecular weight is 329 g/mol. The molecule has 3 heterocycles. The van der Waals surface area contributed by atoms with E-state index in [2.05, 4.69) is 19.9 Å². The van der Waals surface area contributed by atoms with Gasteiger partial charge in [-0.3, -0.25) is 4.79 Å². The lowest BCUT2D eigenvalue weighted by molar-refractivity contribution is 0.100. The lowest BCUT2D eigenvalue weighted by atomic mass is 10.2. The summed E-state index contributed by atoms with van der Waals surface area (Å²) in [4.78, 5) is 28.2. The Bertz CT molecular complexity index is 744. The molecule has 0 unspecified atom stereocenters. The molecule has 0 saturated carbocycles. The largest absolute Gasteiger partial charge is 0.481 e. The molecule has 0 radical (unpaired) electrons. The molecule has 0 aromatic carbocycles. The zero-order chi connectivity index (χ0) is 17.1. The number of hydrogen-bond acceptors (Lipinski definition) is 8. The van der Waals surface area contributed by atoms with Gasteiger partial charge in [0.1, 0.15) is 11.6 Å². The van der Waals surface area contributed by atoms with Crippen molar-refractivity contribution < 1.29 is 9.53 Å². The first-order chi connectivity index (χ1) is 11.6. The molecule has 9 heteroatoms.